The summed E-state index contributed by atoms with van der Waals surface area (Å²) in [5.74, 6) is 1.51. The van der Waals surface area contributed by atoms with Gasteiger partial charge in [0.2, 0.25) is 0 Å². The van der Waals surface area contributed by atoms with Crippen LogP contribution in [0.15, 0.2) is 24.3 Å². The van der Waals surface area contributed by atoms with Gasteiger partial charge in [-0.15, -0.1) is 0 Å². The Labute approximate surface area is 110 Å². The molecule has 0 aliphatic heterocycles. The Hall–Kier alpha value is -1.06. The van der Waals surface area contributed by atoms with Crippen LogP contribution in [0.2, 0.25) is 0 Å². The van der Waals surface area contributed by atoms with E-state index in [2.05, 4.69) is 31.3 Å². The zero-order valence-electron chi connectivity index (χ0n) is 11.7. The van der Waals surface area contributed by atoms with Gasteiger partial charge in [0.15, 0.2) is 0 Å². The summed E-state index contributed by atoms with van der Waals surface area (Å²) in [6.07, 6.45) is 1.05. The Morgan fingerprint density at radius 2 is 1.89 bits per heavy atom. The molecule has 18 heavy (non-hydrogen) atoms. The van der Waals surface area contributed by atoms with Gasteiger partial charge in [0.25, 0.3) is 0 Å². The predicted molar refractivity (Wildman–Crippen MR) is 75.0 cm³/mol. The van der Waals surface area contributed by atoms with Crippen LogP contribution in [0.5, 0.6) is 5.75 Å². The molecule has 102 valence electrons. The van der Waals surface area contributed by atoms with Gasteiger partial charge in [-0.3, -0.25) is 0 Å². The van der Waals surface area contributed by atoms with Gasteiger partial charge in [-0.1, -0.05) is 26.0 Å². The number of methoxy groups -OCH3 is 1. The van der Waals surface area contributed by atoms with Crippen molar-refractivity contribution in [3.8, 4) is 5.75 Å². The molecule has 0 saturated heterocycles. The molecule has 0 atom stereocenters. The number of ether oxygens (including phenoxy) is 2. The number of nitrogens with one attached hydrogen (secondary N) is 1. The molecule has 1 aromatic carbocycles. The van der Waals surface area contributed by atoms with Crippen molar-refractivity contribution >= 4 is 0 Å². The SMILES string of the molecule is COCCCNCc1ccc(OCC(C)C)cc1. The van der Waals surface area contributed by atoms with Gasteiger partial charge >= 0.3 is 0 Å². The van der Waals surface area contributed by atoms with E-state index >= 15 is 0 Å². The molecule has 0 radical (unpaired) electrons. The van der Waals surface area contributed by atoms with Gasteiger partial charge in [0.1, 0.15) is 5.75 Å². The molecule has 0 bridgehead atoms. The molecule has 1 N–H and O–H groups in total. The molecule has 0 aliphatic rings. The summed E-state index contributed by atoms with van der Waals surface area (Å²) in [6, 6.07) is 8.29. The van der Waals surface area contributed by atoms with E-state index in [4.69, 9.17) is 9.47 Å². The maximum atomic E-state index is 5.64. The average molecular weight is 251 g/mol. The third-order valence-electron chi connectivity index (χ3n) is 2.54. The summed E-state index contributed by atoms with van der Waals surface area (Å²) < 4.78 is 10.6. The lowest BCUT2D eigenvalue weighted by Gasteiger charge is -2.09. The third-order valence-corrected chi connectivity index (χ3v) is 2.54. The van der Waals surface area contributed by atoms with E-state index in [1.165, 1.54) is 5.56 Å². The Morgan fingerprint density at radius 3 is 2.50 bits per heavy atom. The lowest BCUT2D eigenvalue weighted by molar-refractivity contribution is 0.194. The minimum Gasteiger partial charge on any atom is -0.493 e. The van der Waals surface area contributed by atoms with Crippen molar-refractivity contribution in [1.82, 2.24) is 5.32 Å². The fourth-order valence-corrected chi connectivity index (χ4v) is 1.54. The van der Waals surface area contributed by atoms with E-state index < -0.39 is 0 Å². The summed E-state index contributed by atoms with van der Waals surface area (Å²) in [6.45, 7) is 7.77. The molecule has 0 amide bonds. The monoisotopic (exact) mass is 251 g/mol. The molecule has 0 unspecified atom stereocenters. The first-order valence-corrected chi connectivity index (χ1v) is 6.63. The van der Waals surface area contributed by atoms with Crippen LogP contribution in [0.1, 0.15) is 25.8 Å². The molecule has 0 saturated carbocycles. The summed E-state index contributed by atoms with van der Waals surface area (Å²) in [4.78, 5) is 0. The van der Waals surface area contributed by atoms with Crippen LogP contribution in [0.4, 0.5) is 0 Å². The number of hydrogen-bond donors (Lipinski definition) is 1. The van der Waals surface area contributed by atoms with Gasteiger partial charge in [-0.05, 0) is 36.6 Å². The fraction of sp³-hybridized carbons (Fsp3) is 0.600. The van der Waals surface area contributed by atoms with Gasteiger partial charge in [0, 0.05) is 20.3 Å². The molecule has 3 heteroatoms. The van der Waals surface area contributed by atoms with E-state index in [1.54, 1.807) is 7.11 Å². The van der Waals surface area contributed by atoms with Crippen LogP contribution in [0.25, 0.3) is 0 Å². The molecule has 3 nitrogen and oxygen atoms in total. The van der Waals surface area contributed by atoms with Crippen molar-refractivity contribution < 1.29 is 9.47 Å². The van der Waals surface area contributed by atoms with E-state index in [-0.39, 0.29) is 0 Å². The van der Waals surface area contributed by atoms with Crippen LogP contribution < -0.4 is 10.1 Å². The summed E-state index contributed by atoms with van der Waals surface area (Å²) in [5, 5.41) is 3.39. The van der Waals surface area contributed by atoms with Crippen LogP contribution in [0.3, 0.4) is 0 Å². The van der Waals surface area contributed by atoms with Gasteiger partial charge in [-0.2, -0.15) is 0 Å². The van der Waals surface area contributed by atoms with E-state index in [0.29, 0.717) is 5.92 Å². The van der Waals surface area contributed by atoms with Crippen LogP contribution in [0, 0.1) is 5.92 Å². The maximum absolute atomic E-state index is 5.64. The molecular formula is C15H25NO2. The second kappa shape index (κ2) is 8.95. The van der Waals surface area contributed by atoms with E-state index in [1.807, 2.05) is 12.1 Å². The Kier molecular flexibility index (Phi) is 7.46. The molecule has 1 aromatic rings. The van der Waals surface area contributed by atoms with E-state index in [9.17, 15) is 0 Å². The molecule has 0 aliphatic carbocycles. The van der Waals surface area contributed by atoms with Crippen molar-refractivity contribution in [3.63, 3.8) is 0 Å². The highest BCUT2D eigenvalue weighted by Crippen LogP contribution is 2.13. The lowest BCUT2D eigenvalue weighted by atomic mass is 10.2. The lowest BCUT2D eigenvalue weighted by Crippen LogP contribution is -2.16. The highest BCUT2D eigenvalue weighted by atomic mass is 16.5. The molecule has 0 heterocycles. The zero-order valence-corrected chi connectivity index (χ0v) is 11.7. The first-order chi connectivity index (χ1) is 8.72. The van der Waals surface area contributed by atoms with Crippen molar-refractivity contribution in [2.45, 2.75) is 26.8 Å². The Morgan fingerprint density at radius 1 is 1.17 bits per heavy atom. The van der Waals surface area contributed by atoms with Crippen molar-refractivity contribution in [2.24, 2.45) is 5.92 Å². The number of rotatable bonds is 9. The highest BCUT2D eigenvalue weighted by Gasteiger charge is 1.98. The van der Waals surface area contributed by atoms with Crippen LogP contribution >= 0.6 is 0 Å². The van der Waals surface area contributed by atoms with Crippen LogP contribution in [-0.4, -0.2) is 26.9 Å². The quantitative estimate of drug-likeness (QED) is 0.685. The van der Waals surface area contributed by atoms with Gasteiger partial charge in [-0.25, -0.2) is 0 Å². The predicted octanol–water partition coefficient (Wildman–Crippen LogP) is 2.85. The summed E-state index contributed by atoms with van der Waals surface area (Å²) >= 11 is 0. The van der Waals surface area contributed by atoms with Gasteiger partial charge in [0.05, 0.1) is 6.61 Å². The second-order valence-electron chi connectivity index (χ2n) is 4.87. The largest absolute Gasteiger partial charge is 0.493 e. The van der Waals surface area contributed by atoms with E-state index in [0.717, 1.165) is 38.5 Å². The topological polar surface area (TPSA) is 30.5 Å². The Balaban J connectivity index is 2.23. The maximum Gasteiger partial charge on any atom is 0.119 e. The molecular weight excluding hydrogens is 226 g/mol. The Bertz CT molecular complexity index is 309. The number of benzene rings is 1. The standard InChI is InChI=1S/C15H25NO2/c1-13(2)12-18-15-7-5-14(6-8-15)11-16-9-4-10-17-3/h5-8,13,16H,4,9-12H2,1-3H3. The first kappa shape index (κ1) is 15.0. The van der Waals surface area contributed by atoms with Crippen molar-refractivity contribution in [3.05, 3.63) is 29.8 Å². The highest BCUT2D eigenvalue weighted by molar-refractivity contribution is 5.27. The molecule has 0 aromatic heterocycles. The minimum absolute atomic E-state index is 0.562. The summed E-state index contributed by atoms with van der Waals surface area (Å²) in [5.41, 5.74) is 1.28. The van der Waals surface area contributed by atoms with Crippen molar-refractivity contribution in [1.29, 1.82) is 0 Å². The second-order valence-corrected chi connectivity index (χ2v) is 4.87. The normalized spacial score (nSPS) is 10.9. The minimum atomic E-state index is 0.562. The van der Waals surface area contributed by atoms with Gasteiger partial charge < -0.3 is 14.8 Å². The molecule has 0 fully saturated rings. The molecule has 1 rings (SSSR count). The first-order valence-electron chi connectivity index (χ1n) is 6.63. The zero-order chi connectivity index (χ0) is 13.2. The summed E-state index contributed by atoms with van der Waals surface area (Å²) in [7, 11) is 1.73. The smallest absolute Gasteiger partial charge is 0.119 e. The number of hydrogen-bond acceptors (Lipinski definition) is 3. The van der Waals surface area contributed by atoms with Crippen LogP contribution in [-0.2, 0) is 11.3 Å². The third kappa shape index (κ3) is 6.62. The fourth-order valence-electron chi connectivity index (χ4n) is 1.54. The van der Waals surface area contributed by atoms with Crippen molar-refractivity contribution in [2.75, 3.05) is 26.9 Å². The molecule has 0 spiro atoms. The average Bonchev–Trinajstić information content (AvgIpc) is 2.37.